The van der Waals surface area contributed by atoms with Gasteiger partial charge in [-0.15, -0.1) is 11.8 Å². The van der Waals surface area contributed by atoms with Crippen molar-refractivity contribution >= 4 is 23.4 Å². The molecule has 2 heterocycles. The summed E-state index contributed by atoms with van der Waals surface area (Å²) in [5.41, 5.74) is 0.904. The van der Waals surface area contributed by atoms with Crippen LogP contribution in [0.3, 0.4) is 0 Å². The van der Waals surface area contributed by atoms with Gasteiger partial charge in [-0.25, -0.2) is 4.98 Å². The Balaban J connectivity index is 1.88. The van der Waals surface area contributed by atoms with Crippen LogP contribution >= 0.6 is 11.8 Å². The van der Waals surface area contributed by atoms with Crippen molar-refractivity contribution in [3.8, 4) is 0 Å². The first-order chi connectivity index (χ1) is 10.1. The molecule has 1 aliphatic rings. The minimum Gasteiger partial charge on any atom is -0.373 e. The fourth-order valence-corrected chi connectivity index (χ4v) is 3.10. The molecule has 21 heavy (non-hydrogen) atoms. The number of anilines is 1. The maximum Gasteiger partial charge on any atom is 0.244 e. The Kier molecular flexibility index (Phi) is 5.91. The van der Waals surface area contributed by atoms with Crippen molar-refractivity contribution in [3.63, 3.8) is 0 Å². The number of hydrogen-bond acceptors (Lipinski definition) is 4. The third kappa shape index (κ3) is 4.63. The molecular weight excluding hydrogens is 282 g/mol. The molecule has 1 N–H and O–H groups in total. The van der Waals surface area contributed by atoms with Gasteiger partial charge in [0.05, 0.1) is 16.9 Å². The van der Waals surface area contributed by atoms with E-state index >= 15 is 0 Å². The van der Waals surface area contributed by atoms with Crippen LogP contribution < -0.4 is 5.32 Å². The number of nitrogens with zero attached hydrogens (tertiary/aromatic N) is 2. The van der Waals surface area contributed by atoms with Crippen molar-refractivity contribution in [3.05, 3.63) is 18.3 Å². The van der Waals surface area contributed by atoms with Crippen molar-refractivity contribution in [2.75, 3.05) is 24.2 Å². The fraction of sp³-hybridized carbons (Fsp3) is 0.625. The average Bonchev–Trinajstić information content (AvgIpc) is 2.49. The molecule has 5 heteroatoms. The van der Waals surface area contributed by atoms with Gasteiger partial charge in [-0.1, -0.05) is 13.8 Å². The predicted molar refractivity (Wildman–Crippen MR) is 88.7 cm³/mol. The summed E-state index contributed by atoms with van der Waals surface area (Å²) in [6, 6.07) is 3.79. The number of pyridine rings is 1. The molecule has 0 radical (unpaired) electrons. The van der Waals surface area contributed by atoms with Crippen molar-refractivity contribution in [2.45, 2.75) is 44.7 Å². The topological polar surface area (TPSA) is 45.2 Å². The number of carbonyl (C=O) groups excluding carboxylic acids is 1. The number of piperidine rings is 1. The highest BCUT2D eigenvalue weighted by Gasteiger charge is 2.24. The predicted octanol–water partition coefficient (Wildman–Crippen LogP) is 3.25. The molecule has 1 aromatic rings. The largest absolute Gasteiger partial charge is 0.373 e. The van der Waals surface area contributed by atoms with E-state index in [1.807, 2.05) is 24.0 Å². The van der Waals surface area contributed by atoms with Gasteiger partial charge in [-0.2, -0.15) is 0 Å². The van der Waals surface area contributed by atoms with E-state index in [1.54, 1.807) is 18.0 Å². The first-order valence-electron chi connectivity index (χ1n) is 7.74. The van der Waals surface area contributed by atoms with Gasteiger partial charge in [0, 0.05) is 13.1 Å². The number of nitrogens with one attached hydrogen (secondary N) is 1. The summed E-state index contributed by atoms with van der Waals surface area (Å²) in [6.07, 6.45) is 4.03. The first kappa shape index (κ1) is 16.1. The number of aromatic nitrogens is 1. The second-order valence-corrected chi connectivity index (χ2v) is 6.98. The zero-order chi connectivity index (χ0) is 15.2. The van der Waals surface area contributed by atoms with Gasteiger partial charge in [0.1, 0.15) is 6.04 Å². The summed E-state index contributed by atoms with van der Waals surface area (Å²) in [7, 11) is 0. The summed E-state index contributed by atoms with van der Waals surface area (Å²) < 4.78 is 0. The fourth-order valence-electron chi connectivity index (χ4n) is 2.51. The Morgan fingerprint density at radius 2 is 2.19 bits per heavy atom. The summed E-state index contributed by atoms with van der Waals surface area (Å²) in [5, 5.41) is 4.28. The minimum absolute atomic E-state index is 0.189. The maximum atomic E-state index is 12.4. The van der Waals surface area contributed by atoms with E-state index in [9.17, 15) is 4.79 Å². The first-order valence-corrected chi connectivity index (χ1v) is 8.73. The van der Waals surface area contributed by atoms with Gasteiger partial charge < -0.3 is 10.2 Å². The average molecular weight is 307 g/mol. The van der Waals surface area contributed by atoms with Crippen molar-refractivity contribution in [1.29, 1.82) is 0 Å². The molecule has 1 fully saturated rings. The quantitative estimate of drug-likeness (QED) is 0.848. The molecule has 116 valence electrons. The molecule has 0 bridgehead atoms. The van der Waals surface area contributed by atoms with Gasteiger partial charge in [0.2, 0.25) is 5.91 Å². The van der Waals surface area contributed by atoms with Crippen LogP contribution in [0.4, 0.5) is 5.69 Å². The highest BCUT2D eigenvalue weighted by atomic mass is 32.2. The van der Waals surface area contributed by atoms with Crippen LogP contribution in [0.15, 0.2) is 23.4 Å². The van der Waals surface area contributed by atoms with E-state index in [4.69, 9.17) is 0 Å². The Hall–Kier alpha value is -1.23. The number of rotatable bonds is 5. The maximum absolute atomic E-state index is 12.4. The van der Waals surface area contributed by atoms with E-state index in [0.29, 0.717) is 0 Å². The monoisotopic (exact) mass is 307 g/mol. The number of amides is 1. The van der Waals surface area contributed by atoms with Crippen LogP contribution in [0.2, 0.25) is 0 Å². The van der Waals surface area contributed by atoms with Crippen LogP contribution in [0, 0.1) is 5.92 Å². The third-order valence-corrected chi connectivity index (χ3v) is 4.70. The number of likely N-dealkylation sites (tertiary alicyclic amines) is 1. The zero-order valence-corrected chi connectivity index (χ0v) is 13.9. The number of carbonyl (C=O) groups is 1. The minimum atomic E-state index is -0.204. The normalized spacial score (nSPS) is 17.6. The van der Waals surface area contributed by atoms with E-state index in [-0.39, 0.29) is 11.9 Å². The van der Waals surface area contributed by atoms with Crippen LogP contribution in [-0.4, -0.2) is 40.7 Å². The van der Waals surface area contributed by atoms with Gasteiger partial charge in [-0.05, 0) is 43.6 Å². The third-order valence-electron chi connectivity index (χ3n) is 3.88. The Morgan fingerprint density at radius 3 is 2.76 bits per heavy atom. The van der Waals surface area contributed by atoms with Crippen molar-refractivity contribution in [2.24, 2.45) is 5.92 Å². The van der Waals surface area contributed by atoms with Crippen LogP contribution in [-0.2, 0) is 4.79 Å². The Morgan fingerprint density at radius 1 is 1.48 bits per heavy atom. The van der Waals surface area contributed by atoms with Gasteiger partial charge >= 0.3 is 0 Å². The molecule has 0 saturated carbocycles. The molecule has 1 saturated heterocycles. The van der Waals surface area contributed by atoms with Crippen molar-refractivity contribution in [1.82, 2.24) is 9.88 Å². The lowest BCUT2D eigenvalue weighted by Gasteiger charge is -2.32. The Bertz CT molecular complexity index is 455. The molecule has 4 nitrogen and oxygen atoms in total. The van der Waals surface area contributed by atoms with Crippen molar-refractivity contribution < 1.29 is 4.79 Å². The van der Waals surface area contributed by atoms with E-state index in [1.165, 1.54) is 0 Å². The number of thioether (sulfide) groups is 1. The molecule has 1 aliphatic heterocycles. The zero-order valence-electron chi connectivity index (χ0n) is 13.1. The van der Waals surface area contributed by atoms with Crippen LogP contribution in [0.5, 0.6) is 0 Å². The van der Waals surface area contributed by atoms with E-state index in [0.717, 1.165) is 48.3 Å². The van der Waals surface area contributed by atoms with E-state index < -0.39 is 0 Å². The standard InChI is InChI=1S/C16H25N3OS/c1-4-21-15-6-5-14(11-17-15)18-13(3)16(20)19-9-7-12(2)8-10-19/h5-6,11-13,18H,4,7-10H2,1-3H3/t13-/m0/s1. The summed E-state index contributed by atoms with van der Waals surface area (Å²) in [5.74, 6) is 1.95. The summed E-state index contributed by atoms with van der Waals surface area (Å²) >= 11 is 1.72. The van der Waals surface area contributed by atoms with E-state index in [2.05, 4.69) is 24.1 Å². The lowest BCUT2D eigenvalue weighted by molar-refractivity contribution is -0.132. The highest BCUT2D eigenvalue weighted by Crippen LogP contribution is 2.19. The summed E-state index contributed by atoms with van der Waals surface area (Å²) in [6.45, 7) is 8.06. The summed E-state index contributed by atoms with van der Waals surface area (Å²) in [4.78, 5) is 18.8. The van der Waals surface area contributed by atoms with Gasteiger partial charge in [0.25, 0.3) is 0 Å². The smallest absolute Gasteiger partial charge is 0.244 e. The molecule has 0 aliphatic carbocycles. The molecule has 1 amide bonds. The lowest BCUT2D eigenvalue weighted by atomic mass is 9.99. The molecule has 0 unspecified atom stereocenters. The van der Waals surface area contributed by atoms with Crippen LogP contribution in [0.25, 0.3) is 0 Å². The Labute approximate surface area is 131 Å². The molecule has 2 rings (SSSR count). The second kappa shape index (κ2) is 7.69. The molecule has 1 aromatic heterocycles. The SMILES string of the molecule is CCSc1ccc(N[C@@H](C)C(=O)N2CCC(C)CC2)cn1. The van der Waals surface area contributed by atoms with Crippen LogP contribution in [0.1, 0.15) is 33.6 Å². The molecule has 0 aromatic carbocycles. The molecule has 0 spiro atoms. The second-order valence-electron chi connectivity index (χ2n) is 5.69. The lowest BCUT2D eigenvalue weighted by Crippen LogP contribution is -2.45. The van der Waals surface area contributed by atoms with Gasteiger partial charge in [0.15, 0.2) is 0 Å². The highest BCUT2D eigenvalue weighted by molar-refractivity contribution is 7.99. The number of hydrogen-bond donors (Lipinski definition) is 1. The molecular formula is C16H25N3OS. The molecule has 1 atom stereocenters. The van der Waals surface area contributed by atoms with Gasteiger partial charge in [-0.3, -0.25) is 4.79 Å².